The van der Waals surface area contributed by atoms with Crippen LogP contribution >= 0.6 is 0 Å². The van der Waals surface area contributed by atoms with Gasteiger partial charge >= 0.3 is 0 Å². The van der Waals surface area contributed by atoms with E-state index in [0.29, 0.717) is 33.3 Å². The summed E-state index contributed by atoms with van der Waals surface area (Å²) in [7, 11) is 3.72. The monoisotopic (exact) mass is 398 g/mol. The molecule has 0 spiro atoms. The number of anilines is 1. The number of benzene rings is 3. The molecule has 0 aliphatic carbocycles. The van der Waals surface area contributed by atoms with E-state index in [0.717, 1.165) is 12.0 Å². The molecule has 0 radical (unpaired) electrons. The van der Waals surface area contributed by atoms with Gasteiger partial charge in [-0.1, -0.05) is 36.4 Å². The third-order valence-corrected chi connectivity index (χ3v) is 4.90. The van der Waals surface area contributed by atoms with Crippen LogP contribution in [0.3, 0.4) is 0 Å². The molecule has 7 heteroatoms. The van der Waals surface area contributed by atoms with E-state index in [-0.39, 0.29) is 11.2 Å². The minimum absolute atomic E-state index is 0.109. The molecule has 3 aromatic carbocycles. The number of nitrogens with zero attached hydrogens (tertiary/aromatic N) is 4. The molecule has 0 N–H and O–H groups in total. The Morgan fingerprint density at radius 1 is 0.967 bits per heavy atom. The lowest BCUT2D eigenvalue weighted by atomic mass is 10.0. The van der Waals surface area contributed by atoms with Crippen LogP contribution in [0.4, 0.5) is 11.4 Å². The van der Waals surface area contributed by atoms with Crippen molar-refractivity contribution in [1.82, 2.24) is 9.78 Å². The van der Waals surface area contributed by atoms with Gasteiger partial charge in [0.1, 0.15) is 17.7 Å². The van der Waals surface area contributed by atoms with Crippen molar-refractivity contribution in [2.45, 2.75) is 0 Å². The van der Waals surface area contributed by atoms with E-state index in [4.69, 9.17) is 0 Å². The van der Waals surface area contributed by atoms with Crippen molar-refractivity contribution in [2.24, 2.45) is 5.18 Å². The van der Waals surface area contributed by atoms with Gasteiger partial charge in [0.2, 0.25) is 0 Å². The standard InChI is InChI=1S/C23H18N4O3/c1-26(2)17-10-11-20(25-30)21(13-17)27-23(29)19-9-4-3-8-18(19)22(24-27)16-7-5-6-15(12-16)14-28/h3-14H,1-2H3. The van der Waals surface area contributed by atoms with E-state index in [1.54, 1.807) is 48.5 Å². The predicted octanol–water partition coefficient (Wildman–Crippen LogP) is 4.33. The fraction of sp³-hybridized carbons (Fsp3) is 0.0870. The zero-order valence-electron chi connectivity index (χ0n) is 16.4. The molecule has 0 amide bonds. The Balaban J connectivity index is 2.09. The van der Waals surface area contributed by atoms with Crippen LogP contribution in [0.1, 0.15) is 10.4 Å². The summed E-state index contributed by atoms with van der Waals surface area (Å²) in [4.78, 5) is 37.8. The first-order valence-electron chi connectivity index (χ1n) is 9.26. The summed E-state index contributed by atoms with van der Waals surface area (Å²) in [6.45, 7) is 0. The van der Waals surface area contributed by atoms with Crippen LogP contribution in [0.2, 0.25) is 0 Å². The topological polar surface area (TPSA) is 84.6 Å². The Bertz CT molecular complexity index is 1340. The molecule has 0 aliphatic heterocycles. The van der Waals surface area contributed by atoms with Gasteiger partial charge in [-0.3, -0.25) is 9.59 Å². The normalized spacial score (nSPS) is 10.7. The van der Waals surface area contributed by atoms with E-state index in [2.05, 4.69) is 10.3 Å². The number of aromatic nitrogens is 2. The number of carbonyl (C=O) groups excluding carboxylic acids is 1. The molecule has 7 nitrogen and oxygen atoms in total. The molecule has 0 fully saturated rings. The van der Waals surface area contributed by atoms with Crippen LogP contribution in [-0.2, 0) is 0 Å². The van der Waals surface area contributed by atoms with Crippen molar-refractivity contribution in [3.63, 3.8) is 0 Å². The van der Waals surface area contributed by atoms with Crippen molar-refractivity contribution >= 4 is 28.4 Å². The van der Waals surface area contributed by atoms with Gasteiger partial charge in [0.05, 0.1) is 11.1 Å². The van der Waals surface area contributed by atoms with E-state index in [1.807, 2.05) is 37.2 Å². The number of fused-ring (bicyclic) bond motifs is 1. The highest BCUT2D eigenvalue weighted by molar-refractivity contribution is 5.95. The Kier molecular flexibility index (Phi) is 4.93. The Labute approximate surface area is 172 Å². The molecule has 148 valence electrons. The van der Waals surface area contributed by atoms with Crippen LogP contribution in [0.5, 0.6) is 0 Å². The summed E-state index contributed by atoms with van der Waals surface area (Å²) in [5, 5.41) is 8.79. The number of hydrogen-bond acceptors (Lipinski definition) is 6. The van der Waals surface area contributed by atoms with Gasteiger partial charge in [-0.05, 0) is 35.5 Å². The van der Waals surface area contributed by atoms with Gasteiger partial charge in [0, 0.05) is 36.3 Å². The molecule has 4 aromatic rings. The fourth-order valence-corrected chi connectivity index (χ4v) is 3.36. The average Bonchev–Trinajstić information content (AvgIpc) is 2.79. The molecular weight excluding hydrogens is 380 g/mol. The largest absolute Gasteiger partial charge is 0.378 e. The summed E-state index contributed by atoms with van der Waals surface area (Å²) in [6, 6.07) is 19.1. The summed E-state index contributed by atoms with van der Waals surface area (Å²) in [5.74, 6) is 0. The average molecular weight is 398 g/mol. The van der Waals surface area contributed by atoms with E-state index >= 15 is 0 Å². The minimum atomic E-state index is -0.360. The van der Waals surface area contributed by atoms with Gasteiger partial charge < -0.3 is 4.90 Å². The predicted molar refractivity (Wildman–Crippen MR) is 118 cm³/mol. The highest BCUT2D eigenvalue weighted by atomic mass is 16.3. The summed E-state index contributed by atoms with van der Waals surface area (Å²) < 4.78 is 1.20. The maximum absolute atomic E-state index is 13.3. The zero-order valence-corrected chi connectivity index (χ0v) is 16.4. The molecule has 0 atom stereocenters. The SMILES string of the molecule is CN(C)c1ccc(N=O)c(-n2nc(-c3cccc(C=O)c3)c3ccccc3c2=O)c1. The number of aldehydes is 1. The highest BCUT2D eigenvalue weighted by Crippen LogP contribution is 2.30. The molecule has 0 saturated heterocycles. The van der Waals surface area contributed by atoms with Crippen molar-refractivity contribution < 1.29 is 4.79 Å². The second kappa shape index (κ2) is 7.71. The first-order valence-corrected chi connectivity index (χ1v) is 9.26. The number of nitroso groups, excluding NO2 is 1. The number of hydrogen-bond donors (Lipinski definition) is 0. The van der Waals surface area contributed by atoms with Gasteiger partial charge in [0.15, 0.2) is 0 Å². The lowest BCUT2D eigenvalue weighted by Gasteiger charge is -2.16. The first kappa shape index (κ1) is 19.2. The summed E-state index contributed by atoms with van der Waals surface area (Å²) >= 11 is 0. The van der Waals surface area contributed by atoms with Crippen molar-refractivity contribution in [1.29, 1.82) is 0 Å². The third-order valence-electron chi connectivity index (χ3n) is 4.90. The summed E-state index contributed by atoms with van der Waals surface area (Å²) in [5.41, 5.74) is 2.55. The fourth-order valence-electron chi connectivity index (χ4n) is 3.36. The molecule has 0 unspecified atom stereocenters. The summed E-state index contributed by atoms with van der Waals surface area (Å²) in [6.07, 6.45) is 0.761. The van der Waals surface area contributed by atoms with Gasteiger partial charge in [0.25, 0.3) is 5.56 Å². The zero-order chi connectivity index (χ0) is 21.3. The van der Waals surface area contributed by atoms with Crippen LogP contribution < -0.4 is 10.5 Å². The van der Waals surface area contributed by atoms with E-state index < -0.39 is 0 Å². The van der Waals surface area contributed by atoms with Gasteiger partial charge in [-0.25, -0.2) is 0 Å². The van der Waals surface area contributed by atoms with Crippen LogP contribution in [0, 0.1) is 4.91 Å². The lowest BCUT2D eigenvalue weighted by Crippen LogP contribution is -2.22. The molecule has 1 aromatic heterocycles. The Hall–Kier alpha value is -4.13. The van der Waals surface area contributed by atoms with Crippen molar-refractivity contribution in [2.75, 3.05) is 19.0 Å². The Morgan fingerprint density at radius 2 is 1.73 bits per heavy atom. The van der Waals surface area contributed by atoms with Crippen molar-refractivity contribution in [3.05, 3.63) is 87.6 Å². The van der Waals surface area contributed by atoms with Gasteiger partial charge in [-0.15, -0.1) is 4.91 Å². The molecule has 0 saturated carbocycles. The van der Waals surface area contributed by atoms with Crippen LogP contribution in [-0.4, -0.2) is 30.2 Å². The first-order chi connectivity index (χ1) is 14.5. The van der Waals surface area contributed by atoms with Gasteiger partial charge in [-0.2, -0.15) is 9.78 Å². The third kappa shape index (κ3) is 3.26. The number of carbonyl (C=O) groups is 1. The number of rotatable bonds is 5. The maximum atomic E-state index is 13.3. The lowest BCUT2D eigenvalue weighted by molar-refractivity contribution is 0.112. The second-order valence-corrected chi connectivity index (χ2v) is 7.01. The Morgan fingerprint density at radius 3 is 2.43 bits per heavy atom. The molecule has 1 heterocycles. The van der Waals surface area contributed by atoms with Crippen molar-refractivity contribution in [3.8, 4) is 16.9 Å². The molecule has 4 rings (SSSR count). The quantitative estimate of drug-likeness (QED) is 0.369. The second-order valence-electron chi connectivity index (χ2n) is 7.01. The van der Waals surface area contributed by atoms with Crippen LogP contribution in [0.15, 0.2) is 76.7 Å². The maximum Gasteiger partial charge on any atom is 0.279 e. The molecule has 0 bridgehead atoms. The van der Waals surface area contributed by atoms with E-state index in [1.165, 1.54) is 4.68 Å². The molecular formula is C23H18N4O3. The molecule has 30 heavy (non-hydrogen) atoms. The smallest absolute Gasteiger partial charge is 0.279 e. The minimum Gasteiger partial charge on any atom is -0.378 e. The highest BCUT2D eigenvalue weighted by Gasteiger charge is 2.17. The van der Waals surface area contributed by atoms with Crippen LogP contribution in [0.25, 0.3) is 27.7 Å². The van der Waals surface area contributed by atoms with E-state index in [9.17, 15) is 14.5 Å². The molecule has 0 aliphatic rings.